The van der Waals surface area contributed by atoms with Crippen molar-refractivity contribution in [2.24, 2.45) is 0 Å². The molecule has 0 unspecified atom stereocenters. The summed E-state index contributed by atoms with van der Waals surface area (Å²) in [6.45, 7) is 3.70. The highest BCUT2D eigenvalue weighted by Gasteiger charge is 2.14. The van der Waals surface area contributed by atoms with Crippen LogP contribution in [-0.2, 0) is 13.0 Å². The van der Waals surface area contributed by atoms with Crippen LogP contribution in [0.15, 0.2) is 36.5 Å². The molecular formula is C16H17N3O. The number of aryl methyl sites for hydroxylation is 1. The third-order valence-corrected chi connectivity index (χ3v) is 3.57. The number of amides is 1. The minimum atomic E-state index is -0.114. The molecule has 102 valence electrons. The summed E-state index contributed by atoms with van der Waals surface area (Å²) in [6, 6.07) is 9.71. The van der Waals surface area contributed by atoms with Crippen LogP contribution < -0.4 is 10.6 Å². The first-order valence-electron chi connectivity index (χ1n) is 6.79. The lowest BCUT2D eigenvalue weighted by Crippen LogP contribution is -2.25. The maximum atomic E-state index is 12.2. The molecule has 0 saturated heterocycles. The summed E-state index contributed by atoms with van der Waals surface area (Å²) >= 11 is 0. The summed E-state index contributed by atoms with van der Waals surface area (Å²) in [5.41, 5.74) is 4.87. The first-order chi connectivity index (χ1) is 9.74. The Bertz CT molecular complexity index is 635. The second-order valence-electron chi connectivity index (χ2n) is 5.01. The van der Waals surface area contributed by atoms with E-state index >= 15 is 0 Å². The van der Waals surface area contributed by atoms with Gasteiger partial charge >= 0.3 is 0 Å². The molecule has 3 rings (SSSR count). The maximum Gasteiger partial charge on any atom is 0.257 e. The number of rotatable bonds is 2. The van der Waals surface area contributed by atoms with Gasteiger partial charge in [0.25, 0.3) is 5.91 Å². The van der Waals surface area contributed by atoms with Gasteiger partial charge in [-0.1, -0.05) is 12.1 Å². The van der Waals surface area contributed by atoms with Crippen molar-refractivity contribution < 1.29 is 4.79 Å². The highest BCUT2D eigenvalue weighted by molar-refractivity contribution is 6.04. The minimum Gasteiger partial charge on any atom is -0.322 e. The van der Waals surface area contributed by atoms with Crippen LogP contribution in [0.3, 0.4) is 0 Å². The standard InChI is InChI=1S/C16H17N3O/c1-11-5-6-13(9-18-11)16(20)19-15-4-2-3-12-7-8-17-10-14(12)15/h2-6,9,17H,7-8,10H2,1H3,(H,19,20). The molecule has 1 aromatic carbocycles. The van der Waals surface area contributed by atoms with Gasteiger partial charge in [0, 0.05) is 24.1 Å². The summed E-state index contributed by atoms with van der Waals surface area (Å²) in [5.74, 6) is -0.114. The molecule has 4 nitrogen and oxygen atoms in total. The van der Waals surface area contributed by atoms with E-state index in [0.717, 1.165) is 30.9 Å². The summed E-state index contributed by atoms with van der Waals surface area (Å²) in [4.78, 5) is 16.4. The van der Waals surface area contributed by atoms with Crippen LogP contribution in [0, 0.1) is 6.92 Å². The van der Waals surface area contributed by atoms with Gasteiger partial charge in [0.05, 0.1) is 5.56 Å². The highest BCUT2D eigenvalue weighted by Crippen LogP contribution is 2.23. The molecule has 0 saturated carbocycles. The van der Waals surface area contributed by atoms with Gasteiger partial charge in [0.15, 0.2) is 0 Å². The number of nitrogens with zero attached hydrogens (tertiary/aromatic N) is 1. The fourth-order valence-corrected chi connectivity index (χ4v) is 2.43. The molecule has 2 heterocycles. The number of pyridine rings is 1. The summed E-state index contributed by atoms with van der Waals surface area (Å²) in [7, 11) is 0. The predicted octanol–water partition coefficient (Wildman–Crippen LogP) is 2.29. The number of carbonyl (C=O) groups excluding carboxylic acids is 1. The smallest absolute Gasteiger partial charge is 0.257 e. The van der Waals surface area contributed by atoms with Gasteiger partial charge < -0.3 is 10.6 Å². The van der Waals surface area contributed by atoms with E-state index in [2.05, 4.69) is 21.7 Å². The quantitative estimate of drug-likeness (QED) is 0.877. The van der Waals surface area contributed by atoms with E-state index in [1.54, 1.807) is 12.3 Å². The van der Waals surface area contributed by atoms with E-state index in [9.17, 15) is 4.79 Å². The molecule has 1 aliphatic rings. The molecular weight excluding hydrogens is 250 g/mol. The lowest BCUT2D eigenvalue weighted by molar-refractivity contribution is 0.102. The number of hydrogen-bond donors (Lipinski definition) is 2. The normalized spacial score (nSPS) is 13.7. The Morgan fingerprint density at radius 1 is 1.30 bits per heavy atom. The minimum absolute atomic E-state index is 0.114. The van der Waals surface area contributed by atoms with Gasteiger partial charge in [0.1, 0.15) is 0 Å². The Morgan fingerprint density at radius 2 is 2.20 bits per heavy atom. The molecule has 0 radical (unpaired) electrons. The van der Waals surface area contributed by atoms with Crippen LogP contribution in [0.4, 0.5) is 5.69 Å². The molecule has 0 bridgehead atoms. The van der Waals surface area contributed by atoms with Crippen molar-refractivity contribution >= 4 is 11.6 Å². The lowest BCUT2D eigenvalue weighted by atomic mass is 9.99. The van der Waals surface area contributed by atoms with Gasteiger partial charge in [-0.15, -0.1) is 0 Å². The van der Waals surface area contributed by atoms with E-state index in [1.807, 2.05) is 25.1 Å². The summed E-state index contributed by atoms with van der Waals surface area (Å²) in [5, 5.41) is 6.33. The Kier molecular flexibility index (Phi) is 3.48. The molecule has 20 heavy (non-hydrogen) atoms. The van der Waals surface area contributed by atoms with E-state index in [0.29, 0.717) is 5.56 Å². The van der Waals surface area contributed by atoms with Gasteiger partial charge in [0.2, 0.25) is 0 Å². The Hall–Kier alpha value is -2.20. The second kappa shape index (κ2) is 5.43. The first kappa shape index (κ1) is 12.8. The van der Waals surface area contributed by atoms with Crippen molar-refractivity contribution in [2.45, 2.75) is 19.9 Å². The van der Waals surface area contributed by atoms with Crippen molar-refractivity contribution in [3.63, 3.8) is 0 Å². The summed E-state index contributed by atoms with van der Waals surface area (Å²) < 4.78 is 0. The predicted molar refractivity (Wildman–Crippen MR) is 78.8 cm³/mol. The van der Waals surface area contributed by atoms with Crippen molar-refractivity contribution in [1.29, 1.82) is 0 Å². The number of hydrogen-bond acceptors (Lipinski definition) is 3. The fourth-order valence-electron chi connectivity index (χ4n) is 2.43. The highest BCUT2D eigenvalue weighted by atomic mass is 16.1. The molecule has 2 N–H and O–H groups in total. The molecule has 1 amide bonds. The van der Waals surface area contributed by atoms with E-state index in [1.165, 1.54) is 11.1 Å². The Balaban J connectivity index is 1.84. The zero-order valence-electron chi connectivity index (χ0n) is 11.4. The lowest BCUT2D eigenvalue weighted by Gasteiger charge is -2.20. The van der Waals surface area contributed by atoms with Crippen LogP contribution in [0.1, 0.15) is 27.2 Å². The zero-order valence-corrected chi connectivity index (χ0v) is 11.4. The third kappa shape index (κ3) is 2.56. The van der Waals surface area contributed by atoms with Gasteiger partial charge in [-0.05, 0) is 49.2 Å². The van der Waals surface area contributed by atoms with Crippen LogP contribution >= 0.6 is 0 Å². The van der Waals surface area contributed by atoms with Gasteiger partial charge in [-0.3, -0.25) is 9.78 Å². The van der Waals surface area contributed by atoms with Crippen molar-refractivity contribution in [3.8, 4) is 0 Å². The summed E-state index contributed by atoms with van der Waals surface area (Å²) in [6.07, 6.45) is 2.61. The number of benzene rings is 1. The van der Waals surface area contributed by atoms with Gasteiger partial charge in [-0.25, -0.2) is 0 Å². The third-order valence-electron chi connectivity index (χ3n) is 3.57. The van der Waals surface area contributed by atoms with Crippen LogP contribution in [-0.4, -0.2) is 17.4 Å². The van der Waals surface area contributed by atoms with Gasteiger partial charge in [-0.2, -0.15) is 0 Å². The monoisotopic (exact) mass is 267 g/mol. The maximum absolute atomic E-state index is 12.2. The number of nitrogens with one attached hydrogen (secondary N) is 2. The zero-order chi connectivity index (χ0) is 13.9. The molecule has 1 aliphatic heterocycles. The van der Waals surface area contributed by atoms with E-state index in [-0.39, 0.29) is 5.91 Å². The van der Waals surface area contributed by atoms with Crippen molar-refractivity contribution in [1.82, 2.24) is 10.3 Å². The van der Waals surface area contributed by atoms with Crippen molar-refractivity contribution in [2.75, 3.05) is 11.9 Å². The molecule has 4 heteroatoms. The average Bonchev–Trinajstić information content (AvgIpc) is 2.48. The Morgan fingerprint density at radius 3 is 3.00 bits per heavy atom. The number of carbonyl (C=O) groups is 1. The number of anilines is 1. The van der Waals surface area contributed by atoms with E-state index < -0.39 is 0 Å². The molecule has 0 spiro atoms. The SMILES string of the molecule is Cc1ccc(C(=O)Nc2cccc3c2CNCC3)cn1. The van der Waals surface area contributed by atoms with Crippen LogP contribution in [0.5, 0.6) is 0 Å². The molecule has 1 aromatic heterocycles. The number of aromatic nitrogens is 1. The first-order valence-corrected chi connectivity index (χ1v) is 6.79. The molecule has 0 fully saturated rings. The second-order valence-corrected chi connectivity index (χ2v) is 5.01. The largest absolute Gasteiger partial charge is 0.322 e. The average molecular weight is 267 g/mol. The molecule has 2 aromatic rings. The molecule has 0 aliphatic carbocycles. The van der Waals surface area contributed by atoms with E-state index in [4.69, 9.17) is 0 Å². The topological polar surface area (TPSA) is 54.0 Å². The number of fused-ring (bicyclic) bond motifs is 1. The Labute approximate surface area is 118 Å². The molecule has 0 atom stereocenters. The van der Waals surface area contributed by atoms with Crippen LogP contribution in [0.2, 0.25) is 0 Å². The van der Waals surface area contributed by atoms with Crippen molar-refractivity contribution in [3.05, 3.63) is 58.9 Å². The van der Waals surface area contributed by atoms with Crippen LogP contribution in [0.25, 0.3) is 0 Å². The fraction of sp³-hybridized carbons (Fsp3) is 0.250.